The maximum atomic E-state index is 12.1. The number of nitrogens with one attached hydrogen (secondary N) is 3. The minimum absolute atomic E-state index is 0.0126. The van der Waals surface area contributed by atoms with Crippen molar-refractivity contribution in [3.05, 3.63) is 48.7 Å². The third-order valence-electron chi connectivity index (χ3n) is 5.93. The summed E-state index contributed by atoms with van der Waals surface area (Å²) in [5.74, 6) is 1.23. The van der Waals surface area contributed by atoms with E-state index in [1.165, 1.54) is 12.1 Å². The Labute approximate surface area is 178 Å². The Hall–Kier alpha value is -3.44. The molecule has 2 aliphatic carbocycles. The third-order valence-corrected chi connectivity index (χ3v) is 6.84. The zero-order chi connectivity index (χ0) is 21.8. The van der Waals surface area contributed by atoms with Crippen molar-refractivity contribution in [2.75, 3.05) is 10.6 Å². The number of carbonyl (C=O) groups is 1. The summed E-state index contributed by atoms with van der Waals surface area (Å²) in [6.45, 7) is 0. The van der Waals surface area contributed by atoms with E-state index >= 15 is 0 Å². The molecule has 0 aromatic heterocycles. The summed E-state index contributed by atoms with van der Waals surface area (Å²) in [7, 11) is -3.83. The molecule has 1 fully saturated rings. The quantitative estimate of drug-likeness (QED) is 0.361. The molecule has 0 saturated heterocycles. The fraction of sp³-hybridized carbons (Fsp3) is 0.250. The molecule has 4 unspecified atom stereocenters. The van der Waals surface area contributed by atoms with Crippen LogP contribution in [0.5, 0.6) is 0 Å². The number of allylic oxidation sites excluding steroid dienone is 1. The van der Waals surface area contributed by atoms with Crippen molar-refractivity contribution in [3.8, 4) is 11.4 Å². The van der Waals surface area contributed by atoms with E-state index in [2.05, 4.69) is 37.7 Å². The lowest BCUT2D eigenvalue weighted by Gasteiger charge is -2.28. The van der Waals surface area contributed by atoms with Crippen molar-refractivity contribution >= 4 is 33.4 Å². The molecule has 1 aromatic rings. The van der Waals surface area contributed by atoms with E-state index in [0.717, 1.165) is 12.0 Å². The Morgan fingerprint density at radius 2 is 2.00 bits per heavy atom. The van der Waals surface area contributed by atoms with E-state index in [9.17, 15) is 13.2 Å². The summed E-state index contributed by atoms with van der Waals surface area (Å²) in [5.41, 5.74) is 6.95. The molecule has 1 amide bonds. The number of aromatic nitrogens is 3. The Balaban J connectivity index is 1.48. The van der Waals surface area contributed by atoms with E-state index in [1.807, 2.05) is 6.07 Å². The number of anilines is 3. The van der Waals surface area contributed by atoms with Crippen LogP contribution in [0, 0.1) is 17.8 Å². The number of sulfonamides is 1. The Morgan fingerprint density at radius 1 is 1.19 bits per heavy atom. The number of benzene rings is 1. The van der Waals surface area contributed by atoms with Gasteiger partial charge in [-0.25, -0.2) is 18.5 Å². The van der Waals surface area contributed by atoms with Crippen molar-refractivity contribution in [2.45, 2.75) is 17.4 Å². The molecule has 2 bridgehead atoms. The first-order valence-corrected chi connectivity index (χ1v) is 11.3. The van der Waals surface area contributed by atoms with Gasteiger partial charge in [-0.1, -0.05) is 18.2 Å². The molecule has 0 radical (unpaired) electrons. The van der Waals surface area contributed by atoms with E-state index < -0.39 is 10.0 Å². The van der Waals surface area contributed by atoms with Crippen LogP contribution in [0.2, 0.25) is 0 Å². The van der Waals surface area contributed by atoms with Crippen LogP contribution in [-0.2, 0) is 14.8 Å². The van der Waals surface area contributed by atoms with Crippen LogP contribution in [0.1, 0.15) is 6.42 Å². The molecule has 160 valence electrons. The molecule has 4 aliphatic rings. The minimum Gasteiger partial charge on any atom is -0.369 e. The van der Waals surface area contributed by atoms with E-state index in [1.54, 1.807) is 18.3 Å². The van der Waals surface area contributed by atoms with Gasteiger partial charge in [0.2, 0.25) is 21.9 Å². The number of nitrogens with two attached hydrogens (primary N) is 2. The maximum absolute atomic E-state index is 12.1. The number of primary sulfonamides is 1. The Morgan fingerprint density at radius 3 is 2.77 bits per heavy atom. The van der Waals surface area contributed by atoms with Gasteiger partial charge in [-0.2, -0.15) is 4.98 Å². The van der Waals surface area contributed by atoms with Gasteiger partial charge in [0.05, 0.1) is 16.4 Å². The first kappa shape index (κ1) is 19.5. The number of nitrogens with zero attached hydrogens (tertiary/aromatic N) is 2. The molecule has 0 spiro atoms. The van der Waals surface area contributed by atoms with Crippen molar-refractivity contribution < 1.29 is 13.2 Å². The average Bonchev–Trinajstić information content (AvgIpc) is 3.43. The first-order chi connectivity index (χ1) is 14.8. The van der Waals surface area contributed by atoms with Crippen molar-refractivity contribution in [1.29, 1.82) is 0 Å². The number of carbonyl (C=O) groups excluding carboxylic acids is 1. The summed E-state index contributed by atoms with van der Waals surface area (Å²) in [6.07, 6.45) is 6.73. The van der Waals surface area contributed by atoms with Crippen LogP contribution in [-0.4, -0.2) is 35.3 Å². The van der Waals surface area contributed by atoms with Gasteiger partial charge >= 0.3 is 0 Å². The van der Waals surface area contributed by atoms with Crippen LogP contribution in [0.4, 0.5) is 17.5 Å². The van der Waals surface area contributed by atoms with Gasteiger partial charge in [-0.05, 0) is 42.5 Å². The number of amides is 1. The van der Waals surface area contributed by atoms with Crippen LogP contribution in [0.15, 0.2) is 53.6 Å². The molecule has 11 heteroatoms. The number of aromatic amines is 1. The third kappa shape index (κ3) is 3.51. The highest BCUT2D eigenvalue weighted by atomic mass is 32.2. The zero-order valence-electron chi connectivity index (χ0n) is 16.3. The normalized spacial score (nSPS) is 24.5. The number of primary amides is 1. The van der Waals surface area contributed by atoms with E-state index in [4.69, 9.17) is 10.9 Å². The van der Waals surface area contributed by atoms with E-state index in [0.29, 0.717) is 23.3 Å². The summed E-state index contributed by atoms with van der Waals surface area (Å²) >= 11 is 0. The van der Waals surface area contributed by atoms with Crippen molar-refractivity contribution in [2.24, 2.45) is 28.6 Å². The molecule has 31 heavy (non-hydrogen) atoms. The van der Waals surface area contributed by atoms with Crippen LogP contribution in [0.3, 0.4) is 0 Å². The lowest BCUT2D eigenvalue weighted by atomic mass is 9.88. The average molecular weight is 440 g/mol. The zero-order valence-corrected chi connectivity index (χ0v) is 17.1. The largest absolute Gasteiger partial charge is 0.369 e. The minimum atomic E-state index is -3.83. The van der Waals surface area contributed by atoms with Gasteiger partial charge in [-0.15, -0.1) is 0 Å². The molecule has 7 N–H and O–H groups in total. The maximum Gasteiger partial charge on any atom is 0.238 e. The molecule has 1 aromatic carbocycles. The van der Waals surface area contributed by atoms with Crippen molar-refractivity contribution in [1.82, 2.24) is 15.0 Å². The van der Waals surface area contributed by atoms with Gasteiger partial charge in [0, 0.05) is 17.9 Å². The highest BCUT2D eigenvalue weighted by Crippen LogP contribution is 2.45. The highest BCUT2D eigenvalue weighted by Gasteiger charge is 2.47. The molecule has 2 heterocycles. The predicted molar refractivity (Wildman–Crippen MR) is 115 cm³/mol. The lowest BCUT2D eigenvalue weighted by molar-refractivity contribution is -0.122. The molecule has 1 saturated carbocycles. The second-order valence-electron chi connectivity index (χ2n) is 7.89. The molecule has 4 atom stereocenters. The number of H-pyrrole nitrogens is 1. The number of fused-ring (bicyclic) bond motifs is 3. The van der Waals surface area contributed by atoms with Gasteiger partial charge in [0.15, 0.2) is 0 Å². The second-order valence-corrected chi connectivity index (χ2v) is 9.45. The molecule has 10 nitrogen and oxygen atoms in total. The molecule has 2 aliphatic heterocycles. The molecule has 5 rings (SSSR count). The number of hydrogen-bond donors (Lipinski definition) is 5. The number of hydrogen-bond acceptors (Lipinski definition) is 7. The summed E-state index contributed by atoms with van der Waals surface area (Å²) in [5, 5.41) is 11.7. The highest BCUT2D eigenvalue weighted by molar-refractivity contribution is 7.89. The van der Waals surface area contributed by atoms with Gasteiger partial charge in [0.25, 0.3) is 0 Å². The fourth-order valence-corrected chi connectivity index (χ4v) is 5.12. The van der Waals surface area contributed by atoms with Gasteiger partial charge in [0.1, 0.15) is 11.6 Å². The molecular formula is C20H21N7O3S. The van der Waals surface area contributed by atoms with E-state index in [-0.39, 0.29) is 34.6 Å². The molecular weight excluding hydrogens is 418 g/mol. The second kappa shape index (κ2) is 7.06. The van der Waals surface area contributed by atoms with Gasteiger partial charge < -0.3 is 21.4 Å². The Bertz CT molecular complexity index is 1270. The Kier molecular flexibility index (Phi) is 4.45. The number of rotatable bonds is 6. The lowest BCUT2D eigenvalue weighted by Crippen LogP contribution is -2.41. The van der Waals surface area contributed by atoms with Crippen LogP contribution < -0.4 is 21.5 Å². The summed E-state index contributed by atoms with van der Waals surface area (Å²) < 4.78 is 23.3. The summed E-state index contributed by atoms with van der Waals surface area (Å²) in [4.78, 5) is 24.1. The van der Waals surface area contributed by atoms with Crippen LogP contribution >= 0.6 is 0 Å². The summed E-state index contributed by atoms with van der Waals surface area (Å²) in [6, 6.07) is 7.79. The standard InChI is InChI=1S/C20H21N7O3S/c21-17(28)15-10-4-5-11(8-10)16(15)25-19-14-6-7-23-18(14)26-20(27-19)24-12-2-1-3-13(9-12)31(22,29)30/h1-7,9-11,15-16H,8H2,(H2,21,28)(H2,22,29,30)(H3,23,24,25,26,27). The first-order valence-electron chi connectivity index (χ1n) is 9.78. The fourth-order valence-electron chi connectivity index (χ4n) is 4.56. The van der Waals surface area contributed by atoms with Crippen molar-refractivity contribution in [3.63, 3.8) is 0 Å². The SMILES string of the molecule is NC(=O)C1C2C=CC(C2)C1Nc1nc(Nc2cccc(S(N)(=O)=O)c2)[nH]c2nccc1-2. The smallest absolute Gasteiger partial charge is 0.238 e. The topological polar surface area (TPSA) is 169 Å². The van der Waals surface area contributed by atoms with Gasteiger partial charge in [-0.3, -0.25) is 4.79 Å². The predicted octanol–water partition coefficient (Wildman–Crippen LogP) is 1.39. The monoisotopic (exact) mass is 439 g/mol. The van der Waals surface area contributed by atoms with Crippen LogP contribution in [0.25, 0.3) is 11.4 Å².